The van der Waals surface area contributed by atoms with Crippen LogP contribution in [0.15, 0.2) is 18.2 Å². The highest BCUT2D eigenvalue weighted by molar-refractivity contribution is 6.03. The number of anilines is 1. The molecule has 1 aromatic carbocycles. The molecule has 0 saturated carbocycles. The van der Waals surface area contributed by atoms with E-state index in [-0.39, 0.29) is 6.23 Å². The summed E-state index contributed by atoms with van der Waals surface area (Å²) in [6.45, 7) is 2.81. The highest BCUT2D eigenvalue weighted by Crippen LogP contribution is 2.29. The lowest BCUT2D eigenvalue weighted by atomic mass is 10.1. The number of benzene rings is 1. The first-order valence-electron chi connectivity index (χ1n) is 7.27. The summed E-state index contributed by atoms with van der Waals surface area (Å²) < 4.78 is 12.6. The van der Waals surface area contributed by atoms with Crippen LogP contribution in [-0.4, -0.2) is 29.0 Å². The summed E-state index contributed by atoms with van der Waals surface area (Å²) >= 11 is 0. The zero-order valence-electron chi connectivity index (χ0n) is 12.0. The van der Waals surface area contributed by atoms with E-state index in [1.807, 2.05) is 6.07 Å². The SMILES string of the molecule is CCOC(=O)c1nn(C2CCCCO2)c2ccc(N)cc12. The van der Waals surface area contributed by atoms with Crippen molar-refractivity contribution in [3.63, 3.8) is 0 Å². The van der Waals surface area contributed by atoms with Crippen LogP contribution < -0.4 is 5.73 Å². The van der Waals surface area contributed by atoms with Crippen molar-refractivity contribution in [3.8, 4) is 0 Å². The van der Waals surface area contributed by atoms with E-state index in [1.54, 1.807) is 23.7 Å². The summed E-state index contributed by atoms with van der Waals surface area (Å²) in [7, 11) is 0. The molecule has 3 rings (SSSR count). The number of hydrogen-bond acceptors (Lipinski definition) is 5. The molecular formula is C15H19N3O3. The van der Waals surface area contributed by atoms with Crippen molar-refractivity contribution in [1.29, 1.82) is 0 Å². The fourth-order valence-electron chi connectivity index (χ4n) is 2.64. The van der Waals surface area contributed by atoms with Crippen LogP contribution in [-0.2, 0) is 9.47 Å². The smallest absolute Gasteiger partial charge is 0.359 e. The average molecular weight is 289 g/mol. The second kappa shape index (κ2) is 5.73. The van der Waals surface area contributed by atoms with Gasteiger partial charge in [-0.25, -0.2) is 9.48 Å². The topological polar surface area (TPSA) is 79.4 Å². The summed E-state index contributed by atoms with van der Waals surface area (Å²) in [6, 6.07) is 5.44. The van der Waals surface area contributed by atoms with Crippen molar-refractivity contribution in [2.24, 2.45) is 0 Å². The minimum absolute atomic E-state index is 0.131. The van der Waals surface area contributed by atoms with Crippen LogP contribution in [0.3, 0.4) is 0 Å². The molecule has 0 aliphatic carbocycles. The van der Waals surface area contributed by atoms with E-state index in [2.05, 4.69) is 5.10 Å². The Bertz CT molecular complexity index is 659. The van der Waals surface area contributed by atoms with Crippen LogP contribution in [0.25, 0.3) is 10.9 Å². The number of carbonyl (C=O) groups is 1. The predicted octanol–water partition coefficient (Wildman–Crippen LogP) is 2.49. The molecule has 0 spiro atoms. The molecule has 0 bridgehead atoms. The monoisotopic (exact) mass is 289 g/mol. The molecule has 1 unspecified atom stereocenters. The lowest BCUT2D eigenvalue weighted by Gasteiger charge is -2.23. The molecule has 6 nitrogen and oxygen atoms in total. The number of aromatic nitrogens is 2. The van der Waals surface area contributed by atoms with Gasteiger partial charge in [0.05, 0.1) is 12.1 Å². The summed E-state index contributed by atoms with van der Waals surface area (Å²) in [5.74, 6) is -0.428. The fraction of sp³-hybridized carbons (Fsp3) is 0.467. The number of esters is 1. The van der Waals surface area contributed by atoms with Gasteiger partial charge in [0.15, 0.2) is 11.9 Å². The number of fused-ring (bicyclic) bond motifs is 1. The minimum atomic E-state index is -0.428. The van der Waals surface area contributed by atoms with Gasteiger partial charge in [-0.3, -0.25) is 0 Å². The van der Waals surface area contributed by atoms with Crippen LogP contribution in [0.4, 0.5) is 5.69 Å². The lowest BCUT2D eigenvalue weighted by Crippen LogP contribution is -2.19. The molecule has 1 fully saturated rings. The third-order valence-electron chi connectivity index (χ3n) is 3.63. The number of hydrogen-bond donors (Lipinski definition) is 1. The molecule has 6 heteroatoms. The number of nitrogens with two attached hydrogens (primary N) is 1. The average Bonchev–Trinajstić information content (AvgIpc) is 2.87. The molecule has 112 valence electrons. The Hall–Kier alpha value is -2.08. The normalized spacial score (nSPS) is 18.8. The first-order valence-corrected chi connectivity index (χ1v) is 7.27. The van der Waals surface area contributed by atoms with E-state index >= 15 is 0 Å². The van der Waals surface area contributed by atoms with E-state index in [1.165, 1.54) is 0 Å². The van der Waals surface area contributed by atoms with Gasteiger partial charge >= 0.3 is 5.97 Å². The molecule has 1 saturated heterocycles. The van der Waals surface area contributed by atoms with Gasteiger partial charge in [-0.2, -0.15) is 5.10 Å². The first kappa shape index (κ1) is 13.9. The molecular weight excluding hydrogens is 270 g/mol. The zero-order valence-corrected chi connectivity index (χ0v) is 12.0. The summed E-state index contributed by atoms with van der Waals surface area (Å²) in [6.07, 6.45) is 2.92. The van der Waals surface area contributed by atoms with Gasteiger partial charge < -0.3 is 15.2 Å². The molecule has 1 aliphatic rings. The molecule has 0 radical (unpaired) electrons. The third-order valence-corrected chi connectivity index (χ3v) is 3.63. The standard InChI is InChI=1S/C15H19N3O3/c1-2-20-15(19)14-11-9-10(16)6-7-12(11)18(17-14)13-5-3-4-8-21-13/h6-7,9,13H,2-5,8,16H2,1H3. The third kappa shape index (κ3) is 2.58. The van der Waals surface area contributed by atoms with Gasteiger partial charge in [-0.1, -0.05) is 0 Å². The van der Waals surface area contributed by atoms with Crippen molar-refractivity contribution in [2.75, 3.05) is 18.9 Å². The molecule has 0 amide bonds. The van der Waals surface area contributed by atoms with Crippen molar-refractivity contribution in [1.82, 2.24) is 9.78 Å². The Balaban J connectivity index is 2.09. The van der Waals surface area contributed by atoms with Gasteiger partial charge in [-0.05, 0) is 44.4 Å². The maximum atomic E-state index is 12.1. The van der Waals surface area contributed by atoms with E-state index in [4.69, 9.17) is 15.2 Å². The second-order valence-corrected chi connectivity index (χ2v) is 5.11. The van der Waals surface area contributed by atoms with Crippen LogP contribution in [0.5, 0.6) is 0 Å². The van der Waals surface area contributed by atoms with Crippen molar-refractivity contribution in [3.05, 3.63) is 23.9 Å². The second-order valence-electron chi connectivity index (χ2n) is 5.11. The van der Waals surface area contributed by atoms with Gasteiger partial charge in [-0.15, -0.1) is 0 Å². The van der Waals surface area contributed by atoms with Crippen LogP contribution in [0, 0.1) is 0 Å². The molecule has 2 heterocycles. The maximum Gasteiger partial charge on any atom is 0.359 e. The van der Waals surface area contributed by atoms with Gasteiger partial charge in [0.25, 0.3) is 0 Å². The van der Waals surface area contributed by atoms with E-state index in [0.717, 1.165) is 31.4 Å². The Kier molecular flexibility index (Phi) is 3.79. The molecule has 1 atom stereocenters. The van der Waals surface area contributed by atoms with Crippen LogP contribution >= 0.6 is 0 Å². The Labute approximate surface area is 122 Å². The van der Waals surface area contributed by atoms with E-state index < -0.39 is 5.97 Å². The van der Waals surface area contributed by atoms with E-state index in [9.17, 15) is 4.79 Å². The fourth-order valence-corrected chi connectivity index (χ4v) is 2.64. The van der Waals surface area contributed by atoms with Gasteiger partial charge in [0.1, 0.15) is 0 Å². The highest BCUT2D eigenvalue weighted by atomic mass is 16.5. The quantitative estimate of drug-likeness (QED) is 0.693. The van der Waals surface area contributed by atoms with Crippen LogP contribution in [0.2, 0.25) is 0 Å². The molecule has 2 N–H and O–H groups in total. The predicted molar refractivity (Wildman–Crippen MR) is 78.9 cm³/mol. The summed E-state index contributed by atoms with van der Waals surface area (Å²) in [5.41, 5.74) is 7.57. The lowest BCUT2D eigenvalue weighted by molar-refractivity contribution is -0.0369. The molecule has 1 aromatic heterocycles. The Morgan fingerprint density at radius 1 is 1.52 bits per heavy atom. The number of carbonyl (C=O) groups excluding carboxylic acids is 1. The van der Waals surface area contributed by atoms with Crippen molar-refractivity contribution >= 4 is 22.6 Å². The molecule has 1 aliphatic heterocycles. The van der Waals surface area contributed by atoms with Gasteiger partial charge in [0, 0.05) is 17.7 Å². The summed E-state index contributed by atoms with van der Waals surface area (Å²) in [4.78, 5) is 12.1. The highest BCUT2D eigenvalue weighted by Gasteiger charge is 2.24. The largest absolute Gasteiger partial charge is 0.461 e. The molecule has 2 aromatic rings. The van der Waals surface area contributed by atoms with Crippen molar-refractivity contribution in [2.45, 2.75) is 32.4 Å². The summed E-state index contributed by atoms with van der Waals surface area (Å²) in [5, 5.41) is 5.14. The first-order chi connectivity index (χ1) is 10.2. The van der Waals surface area contributed by atoms with Crippen LogP contribution in [0.1, 0.15) is 42.9 Å². The molecule has 21 heavy (non-hydrogen) atoms. The Morgan fingerprint density at radius 3 is 3.10 bits per heavy atom. The maximum absolute atomic E-state index is 12.1. The number of ether oxygens (including phenoxy) is 2. The zero-order chi connectivity index (χ0) is 14.8. The minimum Gasteiger partial charge on any atom is -0.461 e. The number of nitrogen functional groups attached to an aromatic ring is 1. The van der Waals surface area contributed by atoms with Crippen molar-refractivity contribution < 1.29 is 14.3 Å². The van der Waals surface area contributed by atoms with E-state index in [0.29, 0.717) is 23.4 Å². The number of rotatable bonds is 3. The Morgan fingerprint density at radius 2 is 2.38 bits per heavy atom. The van der Waals surface area contributed by atoms with Gasteiger partial charge in [0.2, 0.25) is 0 Å². The number of nitrogens with zero attached hydrogens (tertiary/aromatic N) is 2.